The summed E-state index contributed by atoms with van der Waals surface area (Å²) >= 11 is 0. The van der Waals surface area contributed by atoms with Crippen LogP contribution >= 0.6 is 24.8 Å². The van der Waals surface area contributed by atoms with Crippen molar-refractivity contribution in [2.45, 2.75) is 64.0 Å². The van der Waals surface area contributed by atoms with Gasteiger partial charge in [-0.05, 0) is 64.0 Å². The number of β-amino-alcohol motifs (C(OH)–C–C–N with tert-alkyl or cyclic N) is 1. The Bertz CT molecular complexity index is 553. The summed E-state index contributed by atoms with van der Waals surface area (Å²) in [5, 5.41) is 18.0. The Hall–Kier alpha value is -0.330. The molecule has 0 bridgehead atoms. The van der Waals surface area contributed by atoms with Gasteiger partial charge >= 0.3 is 0 Å². The third-order valence-corrected chi connectivity index (χ3v) is 6.77. The van der Waals surface area contributed by atoms with Crippen molar-refractivity contribution in [2.75, 3.05) is 26.2 Å². The molecule has 1 aromatic rings. The topological polar surface area (TPSA) is 61.5 Å². The van der Waals surface area contributed by atoms with E-state index >= 15 is 0 Å². The summed E-state index contributed by atoms with van der Waals surface area (Å²) in [5.74, 6) is 1.20. The van der Waals surface area contributed by atoms with Gasteiger partial charge in [-0.3, -0.25) is 4.90 Å². The van der Waals surface area contributed by atoms with E-state index in [4.69, 9.17) is 4.52 Å². The molecule has 1 aliphatic carbocycles. The van der Waals surface area contributed by atoms with Crippen molar-refractivity contribution in [3.8, 4) is 0 Å². The maximum atomic E-state index is 10.5. The standard InChI is InChI=1S/C19H31N3O2.2ClH/c1-14-10-17(24-21-14)11-15-12-22(13-18(15)23)16-2-4-19(5-3-16)6-8-20-9-7-19;;/h10,15-16,18,20,23H,2-9,11-13H2,1H3;2*1H/t15-,18+;;/m1../s1. The monoisotopic (exact) mass is 405 g/mol. The van der Waals surface area contributed by atoms with Gasteiger partial charge in [0.05, 0.1) is 11.8 Å². The lowest BCUT2D eigenvalue weighted by Crippen LogP contribution is -2.44. The molecule has 1 spiro atoms. The lowest BCUT2D eigenvalue weighted by molar-refractivity contribution is 0.0688. The Labute approximate surface area is 169 Å². The van der Waals surface area contributed by atoms with E-state index in [2.05, 4.69) is 15.4 Å². The summed E-state index contributed by atoms with van der Waals surface area (Å²) in [7, 11) is 0. The number of aliphatic hydroxyl groups is 1. The number of aryl methyl sites for hydroxylation is 1. The molecule has 1 aromatic heterocycles. The molecule has 3 aliphatic rings. The average molecular weight is 406 g/mol. The molecule has 7 heteroatoms. The van der Waals surface area contributed by atoms with E-state index in [1.807, 2.05) is 13.0 Å². The largest absolute Gasteiger partial charge is 0.391 e. The zero-order valence-corrected chi connectivity index (χ0v) is 17.3. The fourth-order valence-electron chi connectivity index (χ4n) is 5.19. The van der Waals surface area contributed by atoms with Gasteiger partial charge in [0.1, 0.15) is 5.76 Å². The van der Waals surface area contributed by atoms with E-state index in [-0.39, 0.29) is 36.8 Å². The van der Waals surface area contributed by atoms with Gasteiger partial charge in [0.25, 0.3) is 0 Å². The fourth-order valence-corrected chi connectivity index (χ4v) is 5.19. The van der Waals surface area contributed by atoms with Crippen LogP contribution in [-0.4, -0.2) is 53.5 Å². The number of piperidine rings is 1. The zero-order valence-electron chi connectivity index (χ0n) is 15.7. The van der Waals surface area contributed by atoms with Crippen molar-refractivity contribution in [3.05, 3.63) is 17.5 Å². The highest BCUT2D eigenvalue weighted by Gasteiger charge is 2.41. The Morgan fingerprint density at radius 3 is 2.50 bits per heavy atom. The summed E-state index contributed by atoms with van der Waals surface area (Å²) in [6, 6.07) is 2.67. The summed E-state index contributed by atoms with van der Waals surface area (Å²) in [4.78, 5) is 2.55. The quantitative estimate of drug-likeness (QED) is 0.808. The Morgan fingerprint density at radius 1 is 1.19 bits per heavy atom. The van der Waals surface area contributed by atoms with Gasteiger partial charge in [-0.15, -0.1) is 24.8 Å². The molecule has 2 saturated heterocycles. The Balaban J connectivity index is 0.00000121. The van der Waals surface area contributed by atoms with Crippen LogP contribution in [0, 0.1) is 18.3 Å². The molecule has 1 saturated carbocycles. The molecule has 0 aromatic carbocycles. The molecule has 3 heterocycles. The number of nitrogens with zero attached hydrogens (tertiary/aromatic N) is 2. The minimum Gasteiger partial charge on any atom is -0.391 e. The predicted octanol–water partition coefficient (Wildman–Crippen LogP) is 2.97. The Morgan fingerprint density at radius 2 is 1.88 bits per heavy atom. The first-order chi connectivity index (χ1) is 11.6. The van der Waals surface area contributed by atoms with E-state index in [1.165, 1.54) is 51.6 Å². The van der Waals surface area contributed by atoms with Crippen LogP contribution in [0.2, 0.25) is 0 Å². The molecule has 26 heavy (non-hydrogen) atoms. The molecule has 0 amide bonds. The van der Waals surface area contributed by atoms with E-state index in [0.717, 1.165) is 31.0 Å². The zero-order chi connectivity index (χ0) is 16.6. The number of halogens is 2. The predicted molar refractivity (Wildman–Crippen MR) is 107 cm³/mol. The van der Waals surface area contributed by atoms with Crippen molar-refractivity contribution in [1.82, 2.24) is 15.4 Å². The summed E-state index contributed by atoms with van der Waals surface area (Å²) in [6.07, 6.45) is 8.65. The molecule has 150 valence electrons. The van der Waals surface area contributed by atoms with Gasteiger partial charge in [0.2, 0.25) is 0 Å². The second-order valence-electron chi connectivity index (χ2n) is 8.40. The molecule has 0 radical (unpaired) electrons. The van der Waals surface area contributed by atoms with Crippen molar-refractivity contribution >= 4 is 24.8 Å². The SMILES string of the molecule is Cc1cc(C[C@@H]2CN(C3CCC4(CCNCC4)CC3)C[C@@H]2O)on1.Cl.Cl. The molecule has 2 atom stereocenters. The van der Waals surface area contributed by atoms with Gasteiger partial charge in [-0.25, -0.2) is 0 Å². The number of aliphatic hydroxyl groups excluding tert-OH is 1. The van der Waals surface area contributed by atoms with Crippen molar-refractivity contribution in [3.63, 3.8) is 0 Å². The molecule has 2 aliphatic heterocycles. The number of hydrogen-bond donors (Lipinski definition) is 2. The molecule has 2 N–H and O–H groups in total. The highest BCUT2D eigenvalue weighted by molar-refractivity contribution is 5.85. The lowest BCUT2D eigenvalue weighted by Gasteiger charge is -2.45. The van der Waals surface area contributed by atoms with Gasteiger partial charge < -0.3 is 14.9 Å². The number of nitrogens with one attached hydrogen (secondary N) is 1. The van der Waals surface area contributed by atoms with Crippen molar-refractivity contribution in [2.24, 2.45) is 11.3 Å². The molecular formula is C19H33Cl2N3O2. The van der Waals surface area contributed by atoms with Crippen LogP contribution in [0.25, 0.3) is 0 Å². The fraction of sp³-hybridized carbons (Fsp3) is 0.842. The minimum absolute atomic E-state index is 0. The van der Waals surface area contributed by atoms with Crippen LogP contribution < -0.4 is 5.32 Å². The first-order valence-corrected chi connectivity index (χ1v) is 9.69. The molecule has 3 fully saturated rings. The maximum Gasteiger partial charge on any atom is 0.137 e. The number of hydrogen-bond acceptors (Lipinski definition) is 5. The second kappa shape index (κ2) is 9.24. The molecule has 5 nitrogen and oxygen atoms in total. The van der Waals surface area contributed by atoms with Crippen molar-refractivity contribution in [1.29, 1.82) is 0 Å². The number of rotatable bonds is 3. The number of likely N-dealkylation sites (tertiary alicyclic amines) is 1. The van der Waals surface area contributed by atoms with E-state index in [0.29, 0.717) is 11.5 Å². The summed E-state index contributed by atoms with van der Waals surface area (Å²) in [5.41, 5.74) is 1.55. The van der Waals surface area contributed by atoms with Crippen LogP contribution in [0.15, 0.2) is 10.6 Å². The third kappa shape index (κ3) is 4.74. The Kier molecular flexibility index (Phi) is 7.81. The average Bonchev–Trinajstić information content (AvgIpc) is 3.15. The van der Waals surface area contributed by atoms with E-state index in [9.17, 15) is 5.11 Å². The maximum absolute atomic E-state index is 10.5. The smallest absolute Gasteiger partial charge is 0.137 e. The molecule has 4 rings (SSSR count). The summed E-state index contributed by atoms with van der Waals surface area (Å²) < 4.78 is 5.34. The van der Waals surface area contributed by atoms with Crippen LogP contribution in [-0.2, 0) is 6.42 Å². The normalized spacial score (nSPS) is 29.3. The van der Waals surface area contributed by atoms with Gasteiger partial charge in [0, 0.05) is 37.5 Å². The van der Waals surface area contributed by atoms with Crippen LogP contribution in [0.3, 0.4) is 0 Å². The van der Waals surface area contributed by atoms with E-state index < -0.39 is 0 Å². The molecular weight excluding hydrogens is 373 g/mol. The highest BCUT2D eigenvalue weighted by atomic mass is 35.5. The first-order valence-electron chi connectivity index (χ1n) is 9.69. The lowest BCUT2D eigenvalue weighted by atomic mass is 9.67. The molecule has 0 unspecified atom stereocenters. The van der Waals surface area contributed by atoms with E-state index in [1.54, 1.807) is 0 Å². The minimum atomic E-state index is -0.231. The van der Waals surface area contributed by atoms with Gasteiger partial charge in [-0.2, -0.15) is 0 Å². The van der Waals surface area contributed by atoms with Gasteiger partial charge in [0.15, 0.2) is 0 Å². The third-order valence-electron chi connectivity index (χ3n) is 6.77. The number of aromatic nitrogens is 1. The first kappa shape index (κ1) is 22.0. The summed E-state index contributed by atoms with van der Waals surface area (Å²) in [6.45, 7) is 6.18. The second-order valence-corrected chi connectivity index (χ2v) is 8.40. The van der Waals surface area contributed by atoms with Crippen molar-refractivity contribution < 1.29 is 9.63 Å². The highest BCUT2D eigenvalue weighted by Crippen LogP contribution is 2.45. The van der Waals surface area contributed by atoms with Crippen LogP contribution in [0.4, 0.5) is 0 Å². The van der Waals surface area contributed by atoms with Crippen LogP contribution in [0.5, 0.6) is 0 Å². The van der Waals surface area contributed by atoms with Crippen LogP contribution in [0.1, 0.15) is 50.0 Å². The van der Waals surface area contributed by atoms with Gasteiger partial charge in [-0.1, -0.05) is 5.16 Å².